The highest BCUT2D eigenvalue weighted by Gasteiger charge is 2.22. The van der Waals surface area contributed by atoms with Gasteiger partial charge in [0.1, 0.15) is 5.82 Å². The second kappa shape index (κ2) is 10.5. The van der Waals surface area contributed by atoms with E-state index in [1.807, 2.05) is 54.4 Å². The SMILES string of the molecule is CC(N=CNC=CCN1CCN(Cc2ccccc2)C(=O)C1)c1ccc(F)cc1. The number of hydrogen-bond acceptors (Lipinski definition) is 3. The van der Waals surface area contributed by atoms with Gasteiger partial charge < -0.3 is 10.2 Å². The molecule has 1 unspecified atom stereocenters. The van der Waals surface area contributed by atoms with E-state index in [2.05, 4.69) is 15.2 Å². The quantitative estimate of drug-likeness (QED) is 0.552. The molecule has 1 N–H and O–H groups in total. The summed E-state index contributed by atoms with van der Waals surface area (Å²) < 4.78 is 13.0. The zero-order chi connectivity index (χ0) is 20.5. The summed E-state index contributed by atoms with van der Waals surface area (Å²) in [7, 11) is 0. The van der Waals surface area contributed by atoms with Crippen LogP contribution < -0.4 is 5.32 Å². The maximum Gasteiger partial charge on any atom is 0.237 e. The highest BCUT2D eigenvalue weighted by Crippen LogP contribution is 2.16. The third-order valence-corrected chi connectivity index (χ3v) is 4.92. The molecule has 2 aromatic carbocycles. The summed E-state index contributed by atoms with van der Waals surface area (Å²) in [5, 5.41) is 3.02. The number of benzene rings is 2. The van der Waals surface area contributed by atoms with E-state index in [0.29, 0.717) is 19.6 Å². The monoisotopic (exact) mass is 394 g/mol. The number of hydrogen-bond donors (Lipinski definition) is 1. The first-order valence-electron chi connectivity index (χ1n) is 9.84. The first-order chi connectivity index (χ1) is 14.1. The van der Waals surface area contributed by atoms with Crippen molar-refractivity contribution in [2.75, 3.05) is 26.2 Å². The third-order valence-electron chi connectivity index (χ3n) is 4.92. The Morgan fingerprint density at radius 1 is 1.14 bits per heavy atom. The Hall–Kier alpha value is -2.99. The molecule has 29 heavy (non-hydrogen) atoms. The van der Waals surface area contributed by atoms with Crippen molar-refractivity contribution >= 4 is 12.2 Å². The van der Waals surface area contributed by atoms with Gasteiger partial charge in [-0.1, -0.05) is 48.5 Å². The second-order valence-electron chi connectivity index (χ2n) is 7.11. The summed E-state index contributed by atoms with van der Waals surface area (Å²) >= 11 is 0. The molecule has 1 amide bonds. The van der Waals surface area contributed by atoms with Gasteiger partial charge >= 0.3 is 0 Å². The lowest BCUT2D eigenvalue weighted by atomic mass is 10.1. The van der Waals surface area contributed by atoms with Gasteiger partial charge in [-0.05, 0) is 36.4 Å². The van der Waals surface area contributed by atoms with Crippen LogP contribution in [0.5, 0.6) is 0 Å². The Morgan fingerprint density at radius 2 is 1.90 bits per heavy atom. The average molecular weight is 394 g/mol. The molecule has 0 aliphatic carbocycles. The molecule has 2 aromatic rings. The molecule has 0 aromatic heterocycles. The van der Waals surface area contributed by atoms with Crippen LogP contribution in [0, 0.1) is 5.82 Å². The summed E-state index contributed by atoms with van der Waals surface area (Å²) in [5.41, 5.74) is 2.12. The molecular formula is C23H27FN4O. The van der Waals surface area contributed by atoms with E-state index in [-0.39, 0.29) is 17.8 Å². The summed E-state index contributed by atoms with van der Waals surface area (Å²) in [6, 6.07) is 16.4. The number of nitrogens with one attached hydrogen (secondary N) is 1. The highest BCUT2D eigenvalue weighted by atomic mass is 19.1. The zero-order valence-corrected chi connectivity index (χ0v) is 16.7. The van der Waals surface area contributed by atoms with Crippen LogP contribution >= 0.6 is 0 Å². The summed E-state index contributed by atoms with van der Waals surface area (Å²) in [5.74, 6) is -0.0819. The van der Waals surface area contributed by atoms with Crippen LogP contribution in [0.25, 0.3) is 0 Å². The fraction of sp³-hybridized carbons (Fsp3) is 0.304. The van der Waals surface area contributed by atoms with Crippen molar-refractivity contribution in [1.29, 1.82) is 0 Å². The van der Waals surface area contributed by atoms with Gasteiger partial charge in [0.2, 0.25) is 5.91 Å². The molecule has 1 aliphatic rings. The minimum atomic E-state index is -0.245. The van der Waals surface area contributed by atoms with Gasteiger partial charge in [-0.2, -0.15) is 0 Å². The number of piperazine rings is 1. The van der Waals surface area contributed by atoms with Gasteiger partial charge in [0, 0.05) is 26.2 Å². The fourth-order valence-electron chi connectivity index (χ4n) is 3.18. The van der Waals surface area contributed by atoms with Crippen LogP contribution in [-0.4, -0.2) is 48.2 Å². The topological polar surface area (TPSA) is 47.9 Å². The van der Waals surface area contributed by atoms with E-state index >= 15 is 0 Å². The normalized spacial score (nSPS) is 16.6. The van der Waals surface area contributed by atoms with Crippen LogP contribution in [0.2, 0.25) is 0 Å². The molecule has 5 nitrogen and oxygen atoms in total. The second-order valence-corrected chi connectivity index (χ2v) is 7.11. The van der Waals surface area contributed by atoms with E-state index in [4.69, 9.17) is 0 Å². The minimum Gasteiger partial charge on any atom is -0.353 e. The molecule has 152 valence electrons. The molecule has 1 aliphatic heterocycles. The Balaban J connectivity index is 1.36. The van der Waals surface area contributed by atoms with Gasteiger partial charge in [0.15, 0.2) is 0 Å². The van der Waals surface area contributed by atoms with Crippen LogP contribution in [0.1, 0.15) is 24.1 Å². The zero-order valence-electron chi connectivity index (χ0n) is 16.7. The number of halogens is 1. The Morgan fingerprint density at radius 3 is 2.62 bits per heavy atom. The maximum atomic E-state index is 13.0. The molecule has 3 rings (SSSR count). The molecule has 0 radical (unpaired) electrons. The van der Waals surface area contributed by atoms with E-state index < -0.39 is 0 Å². The summed E-state index contributed by atoms with van der Waals surface area (Å²) in [4.78, 5) is 20.8. The Labute approximate surface area is 171 Å². The molecule has 0 saturated carbocycles. The van der Waals surface area contributed by atoms with Crippen molar-refractivity contribution in [2.45, 2.75) is 19.5 Å². The maximum absolute atomic E-state index is 13.0. The number of amides is 1. The van der Waals surface area contributed by atoms with Gasteiger partial charge in [0.05, 0.1) is 18.9 Å². The number of carbonyl (C=O) groups is 1. The van der Waals surface area contributed by atoms with Gasteiger partial charge in [-0.25, -0.2) is 4.39 Å². The Bertz CT molecular complexity index is 836. The fourth-order valence-corrected chi connectivity index (χ4v) is 3.18. The van der Waals surface area contributed by atoms with E-state index in [0.717, 1.165) is 24.2 Å². The molecule has 0 spiro atoms. The lowest BCUT2D eigenvalue weighted by Gasteiger charge is -2.33. The number of rotatable bonds is 8. The van der Waals surface area contributed by atoms with Gasteiger partial charge in [-0.15, -0.1) is 0 Å². The molecule has 1 atom stereocenters. The molecule has 1 fully saturated rings. The standard InChI is InChI=1S/C23H27FN4O/c1-19(21-8-10-22(24)11-9-21)26-18-25-12-5-13-27-14-15-28(23(29)17-27)16-20-6-3-2-4-7-20/h2-12,18-19H,13-17H2,1H3,(H,25,26). The van der Waals surface area contributed by atoms with E-state index in [1.165, 1.54) is 12.1 Å². The van der Waals surface area contributed by atoms with Crippen molar-refractivity contribution in [3.63, 3.8) is 0 Å². The highest BCUT2D eigenvalue weighted by molar-refractivity contribution is 5.79. The average Bonchev–Trinajstić information content (AvgIpc) is 2.73. The number of nitrogens with zero attached hydrogens (tertiary/aromatic N) is 3. The van der Waals surface area contributed by atoms with Crippen LogP contribution in [0.3, 0.4) is 0 Å². The first-order valence-corrected chi connectivity index (χ1v) is 9.84. The van der Waals surface area contributed by atoms with E-state index in [1.54, 1.807) is 18.5 Å². The Kier molecular flexibility index (Phi) is 7.53. The molecule has 1 saturated heterocycles. The lowest BCUT2D eigenvalue weighted by molar-refractivity contribution is -0.136. The molecule has 6 heteroatoms. The van der Waals surface area contributed by atoms with Gasteiger partial charge in [-0.3, -0.25) is 14.7 Å². The summed E-state index contributed by atoms with van der Waals surface area (Å²) in [6.45, 7) is 5.37. The minimum absolute atomic E-state index is 0.0492. The lowest BCUT2D eigenvalue weighted by Crippen LogP contribution is -2.49. The third kappa shape index (κ3) is 6.54. The summed E-state index contributed by atoms with van der Waals surface area (Å²) in [6.07, 6.45) is 5.43. The van der Waals surface area contributed by atoms with E-state index in [9.17, 15) is 9.18 Å². The smallest absolute Gasteiger partial charge is 0.237 e. The molecular weight excluding hydrogens is 367 g/mol. The first kappa shape index (κ1) is 20.7. The van der Waals surface area contributed by atoms with Crippen molar-refractivity contribution in [1.82, 2.24) is 15.1 Å². The largest absolute Gasteiger partial charge is 0.353 e. The predicted octanol–water partition coefficient (Wildman–Crippen LogP) is 3.36. The molecule has 0 bridgehead atoms. The van der Waals surface area contributed by atoms with Gasteiger partial charge in [0.25, 0.3) is 0 Å². The van der Waals surface area contributed by atoms with Crippen LogP contribution in [-0.2, 0) is 11.3 Å². The van der Waals surface area contributed by atoms with Crippen molar-refractivity contribution in [3.8, 4) is 0 Å². The van der Waals surface area contributed by atoms with Crippen molar-refractivity contribution < 1.29 is 9.18 Å². The number of aliphatic imine (C=N–C) groups is 1. The van der Waals surface area contributed by atoms with Crippen LogP contribution in [0.4, 0.5) is 4.39 Å². The molecule has 1 heterocycles. The predicted molar refractivity (Wildman–Crippen MR) is 114 cm³/mol. The number of carbonyl (C=O) groups excluding carboxylic acids is 1. The van der Waals surface area contributed by atoms with Crippen molar-refractivity contribution in [3.05, 3.63) is 83.8 Å². The van der Waals surface area contributed by atoms with Crippen LogP contribution in [0.15, 0.2) is 71.9 Å². The van der Waals surface area contributed by atoms with Crippen molar-refractivity contribution in [2.24, 2.45) is 4.99 Å².